The van der Waals surface area contributed by atoms with Gasteiger partial charge in [0.1, 0.15) is 6.54 Å². The molecule has 0 aromatic rings. The van der Waals surface area contributed by atoms with E-state index >= 15 is 0 Å². The van der Waals surface area contributed by atoms with Crippen molar-refractivity contribution in [3.63, 3.8) is 0 Å². The predicted octanol–water partition coefficient (Wildman–Crippen LogP) is 2.57. The summed E-state index contributed by atoms with van der Waals surface area (Å²) in [6.45, 7) is 4.01. The number of halogens is 3. The van der Waals surface area contributed by atoms with Crippen LogP contribution in [0.15, 0.2) is 0 Å². The zero-order valence-electron chi connectivity index (χ0n) is 11.6. The smallest absolute Gasteiger partial charge is 0.333 e. The van der Waals surface area contributed by atoms with Crippen molar-refractivity contribution in [1.29, 1.82) is 0 Å². The Bertz CT molecular complexity index is 299. The van der Waals surface area contributed by atoms with E-state index in [2.05, 4.69) is 5.32 Å². The molecule has 0 aliphatic carbocycles. The van der Waals surface area contributed by atoms with Gasteiger partial charge in [0.2, 0.25) is 5.91 Å². The average Bonchev–Trinajstić information content (AvgIpc) is 2.33. The highest BCUT2D eigenvalue weighted by Crippen LogP contribution is 2.29. The second kappa shape index (κ2) is 6.59. The zero-order chi connectivity index (χ0) is 14.5. The lowest BCUT2D eigenvalue weighted by molar-refractivity contribution is -0.168. The molecule has 0 aromatic carbocycles. The van der Waals surface area contributed by atoms with Crippen LogP contribution in [0, 0.1) is 5.41 Å². The lowest BCUT2D eigenvalue weighted by Gasteiger charge is -2.37. The van der Waals surface area contributed by atoms with Gasteiger partial charge in [-0.1, -0.05) is 13.3 Å². The van der Waals surface area contributed by atoms with Gasteiger partial charge in [0, 0.05) is 13.1 Å². The summed E-state index contributed by atoms with van der Waals surface area (Å²) in [7, 11) is 0. The van der Waals surface area contributed by atoms with Crippen molar-refractivity contribution in [3.05, 3.63) is 0 Å². The van der Waals surface area contributed by atoms with Gasteiger partial charge < -0.3 is 10.2 Å². The molecule has 1 unspecified atom stereocenters. The maximum Gasteiger partial charge on any atom is 0.406 e. The Balaban J connectivity index is 2.74. The third-order valence-electron chi connectivity index (χ3n) is 3.55. The SMILES string of the molecule is CCCCN(CC(F)(F)F)C(=O)C1(C)CCCNC1. The van der Waals surface area contributed by atoms with Crippen molar-refractivity contribution in [2.75, 3.05) is 26.2 Å². The predicted molar refractivity (Wildman–Crippen MR) is 67.8 cm³/mol. The molecule has 1 heterocycles. The van der Waals surface area contributed by atoms with Gasteiger partial charge in [-0.2, -0.15) is 13.2 Å². The van der Waals surface area contributed by atoms with Crippen molar-refractivity contribution in [1.82, 2.24) is 10.2 Å². The van der Waals surface area contributed by atoms with Crippen LogP contribution in [-0.4, -0.2) is 43.2 Å². The summed E-state index contributed by atoms with van der Waals surface area (Å²) in [5.74, 6) is -0.370. The van der Waals surface area contributed by atoms with E-state index in [9.17, 15) is 18.0 Å². The monoisotopic (exact) mass is 280 g/mol. The maximum absolute atomic E-state index is 12.6. The van der Waals surface area contributed by atoms with E-state index in [0.29, 0.717) is 19.4 Å². The van der Waals surface area contributed by atoms with E-state index in [4.69, 9.17) is 0 Å². The number of amides is 1. The molecule has 1 fully saturated rings. The van der Waals surface area contributed by atoms with Crippen molar-refractivity contribution in [3.8, 4) is 0 Å². The Morgan fingerprint density at radius 2 is 2.11 bits per heavy atom. The van der Waals surface area contributed by atoms with Crippen LogP contribution >= 0.6 is 0 Å². The van der Waals surface area contributed by atoms with Gasteiger partial charge in [-0.3, -0.25) is 4.79 Å². The highest BCUT2D eigenvalue weighted by atomic mass is 19.4. The first-order valence-corrected chi connectivity index (χ1v) is 6.85. The molecule has 0 saturated carbocycles. The molecule has 3 nitrogen and oxygen atoms in total. The topological polar surface area (TPSA) is 32.3 Å². The number of alkyl halides is 3. The molecule has 0 bridgehead atoms. The van der Waals surface area contributed by atoms with Gasteiger partial charge in [0.25, 0.3) is 0 Å². The third-order valence-corrected chi connectivity index (χ3v) is 3.55. The normalized spacial score (nSPS) is 24.3. The fraction of sp³-hybridized carbons (Fsp3) is 0.923. The molecule has 1 aliphatic heterocycles. The van der Waals surface area contributed by atoms with E-state index in [1.165, 1.54) is 0 Å². The largest absolute Gasteiger partial charge is 0.406 e. The van der Waals surface area contributed by atoms with Crippen LogP contribution in [0.2, 0.25) is 0 Å². The Morgan fingerprint density at radius 3 is 2.58 bits per heavy atom. The van der Waals surface area contributed by atoms with Crippen molar-refractivity contribution in [2.45, 2.75) is 45.7 Å². The van der Waals surface area contributed by atoms with E-state index in [1.807, 2.05) is 6.92 Å². The number of piperidine rings is 1. The summed E-state index contributed by atoms with van der Waals surface area (Å²) >= 11 is 0. The number of carbonyl (C=O) groups is 1. The minimum Gasteiger partial charge on any atom is -0.333 e. The Morgan fingerprint density at radius 1 is 1.42 bits per heavy atom. The summed E-state index contributed by atoms with van der Waals surface area (Å²) in [6, 6.07) is 0. The molecule has 1 rings (SSSR count). The Labute approximate surface area is 112 Å². The minimum atomic E-state index is -4.33. The first kappa shape index (κ1) is 16.3. The fourth-order valence-corrected chi connectivity index (χ4v) is 2.44. The molecule has 19 heavy (non-hydrogen) atoms. The van der Waals surface area contributed by atoms with Gasteiger partial charge in [0.05, 0.1) is 5.41 Å². The molecule has 0 radical (unpaired) electrons. The van der Waals surface area contributed by atoms with Gasteiger partial charge in [-0.15, -0.1) is 0 Å². The van der Waals surface area contributed by atoms with Crippen LogP contribution in [0.25, 0.3) is 0 Å². The minimum absolute atomic E-state index is 0.185. The second-order valence-electron chi connectivity index (χ2n) is 5.54. The standard InChI is InChI=1S/C13H23F3N2O/c1-3-4-8-18(10-13(14,15)16)11(19)12(2)6-5-7-17-9-12/h17H,3-10H2,1-2H3. The summed E-state index contributed by atoms with van der Waals surface area (Å²) in [6.07, 6.45) is -1.47. The molecular formula is C13H23F3N2O. The van der Waals surface area contributed by atoms with Crippen LogP contribution in [0.1, 0.15) is 39.5 Å². The first-order chi connectivity index (χ1) is 8.78. The molecule has 1 aliphatic rings. The van der Waals surface area contributed by atoms with Crippen LogP contribution in [0.5, 0.6) is 0 Å². The number of hydrogen-bond acceptors (Lipinski definition) is 2. The number of carbonyl (C=O) groups excluding carboxylic acids is 1. The molecule has 1 N–H and O–H groups in total. The first-order valence-electron chi connectivity index (χ1n) is 6.85. The fourth-order valence-electron chi connectivity index (χ4n) is 2.44. The van der Waals surface area contributed by atoms with Crippen molar-refractivity contribution >= 4 is 5.91 Å². The number of nitrogens with one attached hydrogen (secondary N) is 1. The number of rotatable bonds is 5. The van der Waals surface area contributed by atoms with Crippen LogP contribution < -0.4 is 5.32 Å². The summed E-state index contributed by atoms with van der Waals surface area (Å²) < 4.78 is 37.7. The van der Waals surface area contributed by atoms with Crippen molar-refractivity contribution < 1.29 is 18.0 Å². The highest BCUT2D eigenvalue weighted by Gasteiger charge is 2.41. The zero-order valence-corrected chi connectivity index (χ0v) is 11.6. The van der Waals surface area contributed by atoms with E-state index < -0.39 is 18.1 Å². The van der Waals surface area contributed by atoms with Gasteiger partial charge >= 0.3 is 6.18 Å². The number of hydrogen-bond donors (Lipinski definition) is 1. The lowest BCUT2D eigenvalue weighted by Crippen LogP contribution is -2.52. The van der Waals surface area contributed by atoms with Crippen LogP contribution in [0.4, 0.5) is 13.2 Å². The molecule has 0 spiro atoms. The highest BCUT2D eigenvalue weighted by molar-refractivity contribution is 5.82. The molecule has 1 atom stereocenters. The van der Waals surface area contributed by atoms with E-state index in [-0.39, 0.29) is 12.5 Å². The second-order valence-corrected chi connectivity index (χ2v) is 5.54. The molecule has 1 amide bonds. The molecule has 1 saturated heterocycles. The quantitative estimate of drug-likeness (QED) is 0.839. The van der Waals surface area contributed by atoms with Crippen molar-refractivity contribution in [2.24, 2.45) is 5.41 Å². The van der Waals surface area contributed by atoms with E-state index in [1.54, 1.807) is 6.92 Å². The Kier molecular flexibility index (Phi) is 5.64. The number of nitrogens with zero attached hydrogens (tertiary/aromatic N) is 1. The van der Waals surface area contributed by atoms with Crippen LogP contribution in [0.3, 0.4) is 0 Å². The molecule has 112 valence electrons. The summed E-state index contributed by atoms with van der Waals surface area (Å²) in [5, 5.41) is 3.10. The molecule has 0 aromatic heterocycles. The van der Waals surface area contributed by atoms with Gasteiger partial charge in [0.15, 0.2) is 0 Å². The molecular weight excluding hydrogens is 257 g/mol. The molecule has 6 heteroatoms. The third kappa shape index (κ3) is 5.01. The van der Waals surface area contributed by atoms with Crippen LogP contribution in [-0.2, 0) is 4.79 Å². The summed E-state index contributed by atoms with van der Waals surface area (Å²) in [5.41, 5.74) is -0.697. The lowest BCUT2D eigenvalue weighted by atomic mass is 9.81. The Hall–Kier alpha value is -0.780. The van der Waals surface area contributed by atoms with Gasteiger partial charge in [-0.25, -0.2) is 0 Å². The van der Waals surface area contributed by atoms with Gasteiger partial charge in [-0.05, 0) is 32.7 Å². The average molecular weight is 280 g/mol. The van der Waals surface area contributed by atoms with E-state index in [0.717, 1.165) is 24.3 Å². The maximum atomic E-state index is 12.6. The number of unbranched alkanes of at least 4 members (excludes halogenated alkanes) is 1. The summed E-state index contributed by atoms with van der Waals surface area (Å²) in [4.78, 5) is 13.4.